The molecule has 0 saturated carbocycles. The average molecular weight is 522 g/mol. The molecule has 1 aromatic carbocycles. The number of halogens is 3. The molecule has 0 bridgehead atoms. The summed E-state index contributed by atoms with van der Waals surface area (Å²) in [7, 11) is 0. The third kappa shape index (κ3) is 6.41. The molecule has 3 rings (SSSR count). The number of alkyl halides is 3. The highest BCUT2D eigenvalue weighted by Gasteiger charge is 2.52. The first kappa shape index (κ1) is 28.4. The molecule has 1 aromatic heterocycles. The van der Waals surface area contributed by atoms with Crippen LogP contribution in [0.2, 0.25) is 0 Å². The van der Waals surface area contributed by atoms with E-state index in [0.717, 1.165) is 16.0 Å². The van der Waals surface area contributed by atoms with Gasteiger partial charge in [0, 0.05) is 11.8 Å². The van der Waals surface area contributed by atoms with Crippen molar-refractivity contribution in [1.82, 2.24) is 15.2 Å². The SMILES string of the molecule is CC(C)(C)OC(=O)NC(C)(C)c1ccc(-c2ccc(C3OC(C)(C)N(C(=O)C(F)F)C3CF)cc2)cn1. The Balaban J connectivity index is 1.77. The fourth-order valence-corrected chi connectivity index (χ4v) is 4.38. The van der Waals surface area contributed by atoms with Gasteiger partial charge < -0.3 is 19.7 Å². The van der Waals surface area contributed by atoms with Crippen molar-refractivity contribution in [1.29, 1.82) is 0 Å². The number of benzene rings is 1. The Morgan fingerprint density at radius 2 is 1.68 bits per heavy atom. The van der Waals surface area contributed by atoms with Crippen molar-refractivity contribution in [2.45, 2.75) is 83.9 Å². The lowest BCUT2D eigenvalue weighted by atomic mass is 9.97. The summed E-state index contributed by atoms with van der Waals surface area (Å²) in [5.74, 6) is -1.46. The van der Waals surface area contributed by atoms with E-state index in [-0.39, 0.29) is 0 Å². The van der Waals surface area contributed by atoms with Crippen molar-refractivity contribution >= 4 is 12.0 Å². The van der Waals surface area contributed by atoms with Crippen LogP contribution < -0.4 is 5.32 Å². The average Bonchev–Trinajstić information content (AvgIpc) is 3.07. The van der Waals surface area contributed by atoms with Crippen molar-refractivity contribution in [2.75, 3.05) is 6.67 Å². The van der Waals surface area contributed by atoms with Gasteiger partial charge in [0.1, 0.15) is 24.1 Å². The number of aromatic nitrogens is 1. The maximum Gasteiger partial charge on any atom is 0.408 e. The quantitative estimate of drug-likeness (QED) is 0.524. The summed E-state index contributed by atoms with van der Waals surface area (Å²) in [6.07, 6.45) is -3.02. The number of nitrogens with one attached hydrogen (secondary N) is 1. The Labute approximate surface area is 215 Å². The van der Waals surface area contributed by atoms with Crippen LogP contribution in [0.15, 0.2) is 42.6 Å². The molecule has 2 heterocycles. The van der Waals surface area contributed by atoms with Crippen LogP contribution in [0.1, 0.15) is 65.8 Å². The molecule has 1 aliphatic heterocycles. The number of hydrogen-bond donors (Lipinski definition) is 1. The second-order valence-corrected chi connectivity index (χ2v) is 11.0. The second-order valence-electron chi connectivity index (χ2n) is 11.0. The Bertz CT molecular complexity index is 1110. The molecule has 10 heteroatoms. The summed E-state index contributed by atoms with van der Waals surface area (Å²) < 4.78 is 51.4. The predicted octanol–water partition coefficient (Wildman–Crippen LogP) is 5.75. The zero-order valence-corrected chi connectivity index (χ0v) is 22.1. The highest BCUT2D eigenvalue weighted by molar-refractivity contribution is 5.80. The number of pyridine rings is 1. The molecule has 1 aliphatic rings. The molecule has 1 saturated heterocycles. The van der Waals surface area contributed by atoms with Crippen LogP contribution in [0.25, 0.3) is 11.1 Å². The second kappa shape index (κ2) is 10.3. The summed E-state index contributed by atoms with van der Waals surface area (Å²) >= 11 is 0. The van der Waals surface area contributed by atoms with Crippen molar-refractivity contribution in [2.24, 2.45) is 0 Å². The van der Waals surface area contributed by atoms with E-state index in [1.54, 1.807) is 57.3 Å². The van der Waals surface area contributed by atoms with Gasteiger partial charge in [-0.25, -0.2) is 9.18 Å². The number of carbonyl (C=O) groups is 2. The zero-order valence-electron chi connectivity index (χ0n) is 22.1. The topological polar surface area (TPSA) is 80.8 Å². The van der Waals surface area contributed by atoms with Gasteiger partial charge in [-0.15, -0.1) is 0 Å². The van der Waals surface area contributed by atoms with Gasteiger partial charge in [0.05, 0.1) is 17.3 Å². The van der Waals surface area contributed by atoms with Crippen LogP contribution in [-0.4, -0.2) is 52.4 Å². The number of amides is 2. The number of rotatable bonds is 6. The molecule has 7 nitrogen and oxygen atoms in total. The number of carbonyl (C=O) groups excluding carboxylic acids is 2. The monoisotopic (exact) mass is 521 g/mol. The summed E-state index contributed by atoms with van der Waals surface area (Å²) in [5.41, 5.74) is 0.0338. The predicted molar refractivity (Wildman–Crippen MR) is 133 cm³/mol. The molecule has 0 radical (unpaired) electrons. The van der Waals surface area contributed by atoms with E-state index in [2.05, 4.69) is 10.3 Å². The van der Waals surface area contributed by atoms with Crippen molar-refractivity contribution in [3.8, 4) is 11.1 Å². The van der Waals surface area contributed by atoms with E-state index >= 15 is 0 Å². The van der Waals surface area contributed by atoms with Crippen LogP contribution >= 0.6 is 0 Å². The van der Waals surface area contributed by atoms with Crippen molar-refractivity contribution < 1.29 is 32.2 Å². The minimum absolute atomic E-state index is 0.545. The van der Waals surface area contributed by atoms with Crippen molar-refractivity contribution in [3.63, 3.8) is 0 Å². The van der Waals surface area contributed by atoms with Gasteiger partial charge in [-0.1, -0.05) is 30.3 Å². The molecule has 2 amide bonds. The van der Waals surface area contributed by atoms with Gasteiger partial charge in [0.2, 0.25) is 0 Å². The maximum atomic E-state index is 13.9. The van der Waals surface area contributed by atoms with Gasteiger partial charge in [0.25, 0.3) is 5.91 Å². The molecule has 2 aromatic rings. The third-order valence-electron chi connectivity index (χ3n) is 6.05. The van der Waals surface area contributed by atoms with Gasteiger partial charge in [-0.2, -0.15) is 8.78 Å². The molecule has 1 fully saturated rings. The molecule has 37 heavy (non-hydrogen) atoms. The van der Waals surface area contributed by atoms with Crippen LogP contribution in [0.3, 0.4) is 0 Å². The summed E-state index contributed by atoms with van der Waals surface area (Å²) in [6.45, 7) is 10.9. The number of hydrogen-bond acceptors (Lipinski definition) is 5. The lowest BCUT2D eigenvalue weighted by molar-refractivity contribution is -0.159. The number of ether oxygens (including phenoxy) is 2. The highest BCUT2D eigenvalue weighted by Crippen LogP contribution is 2.42. The van der Waals surface area contributed by atoms with E-state index in [1.807, 2.05) is 19.9 Å². The number of alkyl carbamates (subject to hydrolysis) is 1. The van der Waals surface area contributed by atoms with Crippen LogP contribution in [0, 0.1) is 0 Å². The smallest absolute Gasteiger partial charge is 0.408 e. The lowest BCUT2D eigenvalue weighted by Crippen LogP contribution is -2.51. The van der Waals surface area contributed by atoms with Crippen LogP contribution in [0.5, 0.6) is 0 Å². The molecule has 1 N–H and O–H groups in total. The minimum Gasteiger partial charge on any atom is -0.444 e. The largest absolute Gasteiger partial charge is 0.444 e. The Morgan fingerprint density at radius 3 is 2.16 bits per heavy atom. The fourth-order valence-electron chi connectivity index (χ4n) is 4.38. The van der Waals surface area contributed by atoms with E-state index in [9.17, 15) is 22.8 Å². The van der Waals surface area contributed by atoms with E-state index in [0.29, 0.717) is 11.3 Å². The fraction of sp³-hybridized carbons (Fsp3) is 0.519. The molecule has 2 unspecified atom stereocenters. The zero-order chi connectivity index (χ0) is 27.8. The Kier molecular flexibility index (Phi) is 7.93. The summed E-state index contributed by atoms with van der Waals surface area (Å²) in [5, 5.41) is 2.82. The maximum absolute atomic E-state index is 13.9. The molecule has 0 spiro atoms. The first-order valence-corrected chi connectivity index (χ1v) is 12.0. The highest BCUT2D eigenvalue weighted by atomic mass is 19.3. The summed E-state index contributed by atoms with van der Waals surface area (Å²) in [6, 6.07) is 9.52. The van der Waals surface area contributed by atoms with E-state index in [1.165, 1.54) is 13.8 Å². The minimum atomic E-state index is -3.25. The van der Waals surface area contributed by atoms with Gasteiger partial charge in [-0.3, -0.25) is 9.78 Å². The normalized spacial score (nSPS) is 19.7. The van der Waals surface area contributed by atoms with Crippen molar-refractivity contribution in [3.05, 3.63) is 53.9 Å². The van der Waals surface area contributed by atoms with Gasteiger partial charge in [-0.05, 0) is 65.7 Å². The molecule has 2 atom stereocenters. The molecular formula is C27H34F3N3O4. The van der Waals surface area contributed by atoms with E-state index < -0.39 is 54.1 Å². The van der Waals surface area contributed by atoms with Crippen LogP contribution in [0.4, 0.5) is 18.0 Å². The van der Waals surface area contributed by atoms with E-state index in [4.69, 9.17) is 9.47 Å². The molecular weight excluding hydrogens is 487 g/mol. The standard InChI is InChI=1S/C27H34F3N3O4/c1-25(2,3)37-24(35)32-26(4,5)20-13-12-18(15-31-20)16-8-10-17(11-9-16)21-19(14-28)33(23(34)22(29)30)27(6,7)36-21/h8-13,15,19,21-22H,14H2,1-7H3,(H,32,35). The lowest BCUT2D eigenvalue weighted by Gasteiger charge is -2.32. The third-order valence-corrected chi connectivity index (χ3v) is 6.05. The summed E-state index contributed by atoms with van der Waals surface area (Å²) in [4.78, 5) is 29.6. The Hall–Kier alpha value is -3.14. The molecule has 202 valence electrons. The van der Waals surface area contributed by atoms with Gasteiger partial charge in [0.15, 0.2) is 0 Å². The Morgan fingerprint density at radius 1 is 1.08 bits per heavy atom. The van der Waals surface area contributed by atoms with Crippen LogP contribution in [-0.2, 0) is 19.8 Å². The molecule has 0 aliphatic carbocycles. The first-order chi connectivity index (χ1) is 17.1. The first-order valence-electron chi connectivity index (χ1n) is 12.0. The van der Waals surface area contributed by atoms with Gasteiger partial charge >= 0.3 is 12.5 Å². The number of nitrogens with zero attached hydrogens (tertiary/aromatic N) is 2.